The van der Waals surface area contributed by atoms with Crippen molar-refractivity contribution >= 4 is 11.7 Å². The molecular formula is C20H26N6O. The third kappa shape index (κ3) is 5.39. The maximum absolute atomic E-state index is 12.4. The summed E-state index contributed by atoms with van der Waals surface area (Å²) in [6, 6.07) is 11.8. The summed E-state index contributed by atoms with van der Waals surface area (Å²) in [4.78, 5) is 17.0. The molecular weight excluding hydrogens is 340 g/mol. The standard InChI is InChI=1S/C20H26N6O/c1-16-12-19(24(2)23-16)22-20(27)15-26-9-3-8-25(10-11-26)14-18-6-4-17(13-21)5-7-18/h4-7,12H,3,8-11,14-15H2,1-2H3,(H,22,27). The van der Waals surface area contributed by atoms with Crippen LogP contribution in [0.4, 0.5) is 5.82 Å². The average Bonchev–Trinajstić information content (AvgIpc) is 2.82. The maximum Gasteiger partial charge on any atom is 0.239 e. The molecule has 7 heteroatoms. The van der Waals surface area contributed by atoms with Gasteiger partial charge in [-0.2, -0.15) is 10.4 Å². The van der Waals surface area contributed by atoms with Gasteiger partial charge in [-0.1, -0.05) is 12.1 Å². The van der Waals surface area contributed by atoms with Gasteiger partial charge in [0.15, 0.2) is 0 Å². The second-order valence-electron chi connectivity index (χ2n) is 7.06. The number of nitrogens with zero attached hydrogens (tertiary/aromatic N) is 5. The Labute approximate surface area is 160 Å². The molecule has 0 unspecified atom stereocenters. The van der Waals surface area contributed by atoms with E-state index in [1.54, 1.807) is 4.68 Å². The van der Waals surface area contributed by atoms with E-state index in [1.165, 1.54) is 5.56 Å². The molecule has 1 amide bonds. The number of hydrogen-bond donors (Lipinski definition) is 1. The highest BCUT2D eigenvalue weighted by Crippen LogP contribution is 2.11. The Morgan fingerprint density at radius 3 is 2.56 bits per heavy atom. The molecule has 1 aliphatic rings. The predicted octanol–water partition coefficient (Wildman–Crippen LogP) is 1.75. The van der Waals surface area contributed by atoms with Crippen LogP contribution in [-0.2, 0) is 18.4 Å². The zero-order chi connectivity index (χ0) is 19.2. The molecule has 1 aliphatic heterocycles. The van der Waals surface area contributed by atoms with Crippen LogP contribution in [0.2, 0.25) is 0 Å². The Morgan fingerprint density at radius 2 is 1.89 bits per heavy atom. The highest BCUT2D eigenvalue weighted by atomic mass is 16.2. The topological polar surface area (TPSA) is 77.2 Å². The van der Waals surface area contributed by atoms with Gasteiger partial charge in [0.2, 0.25) is 5.91 Å². The van der Waals surface area contributed by atoms with Crippen LogP contribution in [0.1, 0.15) is 23.2 Å². The van der Waals surface area contributed by atoms with Crippen molar-refractivity contribution < 1.29 is 4.79 Å². The molecule has 2 aromatic rings. The number of hydrogen-bond acceptors (Lipinski definition) is 5. The van der Waals surface area contributed by atoms with Crippen LogP contribution in [0, 0.1) is 18.3 Å². The Hall–Kier alpha value is -2.69. The number of carbonyl (C=O) groups is 1. The molecule has 1 N–H and O–H groups in total. The van der Waals surface area contributed by atoms with Crippen molar-refractivity contribution in [2.75, 3.05) is 38.0 Å². The molecule has 1 aromatic heterocycles. The highest BCUT2D eigenvalue weighted by Gasteiger charge is 2.18. The minimum Gasteiger partial charge on any atom is -0.310 e. The fourth-order valence-corrected chi connectivity index (χ4v) is 3.40. The highest BCUT2D eigenvalue weighted by molar-refractivity contribution is 5.91. The van der Waals surface area contributed by atoms with Crippen LogP contribution in [0.3, 0.4) is 0 Å². The monoisotopic (exact) mass is 366 g/mol. The zero-order valence-corrected chi connectivity index (χ0v) is 16.0. The van der Waals surface area contributed by atoms with Gasteiger partial charge in [-0.15, -0.1) is 0 Å². The molecule has 27 heavy (non-hydrogen) atoms. The van der Waals surface area contributed by atoms with Gasteiger partial charge in [-0.25, -0.2) is 0 Å². The molecule has 0 aliphatic carbocycles. The summed E-state index contributed by atoms with van der Waals surface area (Å²) in [6.07, 6.45) is 1.04. The van der Waals surface area contributed by atoms with Gasteiger partial charge in [-0.3, -0.25) is 19.3 Å². The Bertz CT molecular complexity index is 820. The third-order valence-electron chi connectivity index (χ3n) is 4.81. The van der Waals surface area contributed by atoms with Gasteiger partial charge in [0, 0.05) is 32.7 Å². The molecule has 1 fully saturated rings. The summed E-state index contributed by atoms with van der Waals surface area (Å²) in [7, 11) is 1.83. The normalized spacial score (nSPS) is 15.9. The Morgan fingerprint density at radius 1 is 1.19 bits per heavy atom. The molecule has 0 radical (unpaired) electrons. The zero-order valence-electron chi connectivity index (χ0n) is 16.0. The van der Waals surface area contributed by atoms with Crippen molar-refractivity contribution in [3.8, 4) is 6.07 Å². The van der Waals surface area contributed by atoms with Crippen LogP contribution in [0.5, 0.6) is 0 Å². The van der Waals surface area contributed by atoms with E-state index in [0.717, 1.165) is 50.7 Å². The summed E-state index contributed by atoms with van der Waals surface area (Å²) in [6.45, 7) is 6.91. The minimum atomic E-state index is -0.00135. The summed E-state index contributed by atoms with van der Waals surface area (Å²) in [5.41, 5.74) is 2.79. The van der Waals surface area contributed by atoms with E-state index in [2.05, 4.69) is 26.3 Å². The first-order valence-corrected chi connectivity index (χ1v) is 9.28. The van der Waals surface area contributed by atoms with Crippen LogP contribution < -0.4 is 5.32 Å². The SMILES string of the molecule is Cc1cc(NC(=O)CN2CCCN(Cc3ccc(C#N)cc3)CC2)n(C)n1. The fourth-order valence-electron chi connectivity index (χ4n) is 3.40. The average molecular weight is 366 g/mol. The first-order chi connectivity index (χ1) is 13.0. The van der Waals surface area contributed by atoms with Crippen molar-refractivity contribution in [3.63, 3.8) is 0 Å². The third-order valence-corrected chi connectivity index (χ3v) is 4.81. The number of nitrogens with one attached hydrogen (secondary N) is 1. The Kier molecular flexibility index (Phi) is 6.22. The maximum atomic E-state index is 12.4. The first kappa shape index (κ1) is 19.1. The van der Waals surface area contributed by atoms with E-state index in [9.17, 15) is 4.79 Å². The van der Waals surface area contributed by atoms with E-state index >= 15 is 0 Å². The van der Waals surface area contributed by atoms with Gasteiger partial charge in [-0.05, 0) is 44.1 Å². The number of aromatic nitrogens is 2. The number of rotatable bonds is 5. The fraction of sp³-hybridized carbons (Fsp3) is 0.450. The second-order valence-corrected chi connectivity index (χ2v) is 7.06. The van der Waals surface area contributed by atoms with Gasteiger partial charge in [0.25, 0.3) is 0 Å². The number of amides is 1. The molecule has 0 saturated carbocycles. The van der Waals surface area contributed by atoms with Gasteiger partial charge in [0.05, 0.1) is 23.9 Å². The van der Waals surface area contributed by atoms with Crippen molar-refractivity contribution in [1.29, 1.82) is 5.26 Å². The Balaban J connectivity index is 1.48. The van der Waals surface area contributed by atoms with Gasteiger partial charge in [0.1, 0.15) is 5.82 Å². The molecule has 1 aromatic carbocycles. The van der Waals surface area contributed by atoms with Crippen LogP contribution in [-0.4, -0.2) is 58.2 Å². The minimum absolute atomic E-state index is 0.00135. The van der Waals surface area contributed by atoms with Gasteiger partial charge < -0.3 is 5.32 Å². The number of benzene rings is 1. The number of nitriles is 1. The molecule has 3 rings (SSSR count). The summed E-state index contributed by atoms with van der Waals surface area (Å²) < 4.78 is 1.69. The molecule has 0 spiro atoms. The largest absolute Gasteiger partial charge is 0.310 e. The molecule has 2 heterocycles. The molecule has 1 saturated heterocycles. The van der Waals surface area contributed by atoms with Crippen LogP contribution in [0.15, 0.2) is 30.3 Å². The second kappa shape index (κ2) is 8.80. The lowest BCUT2D eigenvalue weighted by molar-refractivity contribution is -0.117. The van der Waals surface area contributed by atoms with Crippen molar-refractivity contribution in [1.82, 2.24) is 19.6 Å². The van der Waals surface area contributed by atoms with E-state index in [-0.39, 0.29) is 5.91 Å². The van der Waals surface area contributed by atoms with Gasteiger partial charge >= 0.3 is 0 Å². The molecule has 0 bridgehead atoms. The first-order valence-electron chi connectivity index (χ1n) is 9.28. The molecule has 142 valence electrons. The van der Waals surface area contributed by atoms with Crippen LogP contribution >= 0.6 is 0 Å². The molecule has 0 atom stereocenters. The summed E-state index contributed by atoms with van der Waals surface area (Å²) >= 11 is 0. The summed E-state index contributed by atoms with van der Waals surface area (Å²) in [5, 5.41) is 16.1. The van der Waals surface area contributed by atoms with Crippen LogP contribution in [0.25, 0.3) is 0 Å². The predicted molar refractivity (Wildman–Crippen MR) is 104 cm³/mol. The van der Waals surface area contributed by atoms with Crippen molar-refractivity contribution in [2.45, 2.75) is 19.9 Å². The number of aryl methyl sites for hydroxylation is 2. The lowest BCUT2D eigenvalue weighted by atomic mass is 10.1. The lowest BCUT2D eigenvalue weighted by Crippen LogP contribution is -2.36. The number of anilines is 1. The van der Waals surface area contributed by atoms with Crippen molar-refractivity contribution in [3.05, 3.63) is 47.2 Å². The molecule has 7 nitrogen and oxygen atoms in total. The van der Waals surface area contributed by atoms with E-state index in [4.69, 9.17) is 5.26 Å². The number of carbonyl (C=O) groups excluding carboxylic acids is 1. The van der Waals surface area contributed by atoms with E-state index in [0.29, 0.717) is 12.1 Å². The van der Waals surface area contributed by atoms with E-state index in [1.807, 2.05) is 44.3 Å². The lowest BCUT2D eigenvalue weighted by Gasteiger charge is -2.21. The van der Waals surface area contributed by atoms with E-state index < -0.39 is 0 Å². The quantitative estimate of drug-likeness (QED) is 0.872. The summed E-state index contributed by atoms with van der Waals surface area (Å²) in [5.74, 6) is 0.730. The van der Waals surface area contributed by atoms with Crippen molar-refractivity contribution in [2.24, 2.45) is 7.05 Å². The smallest absolute Gasteiger partial charge is 0.239 e.